The van der Waals surface area contributed by atoms with E-state index in [4.69, 9.17) is 4.74 Å². The summed E-state index contributed by atoms with van der Waals surface area (Å²) in [7, 11) is 0.601. The Kier molecular flexibility index (Phi) is 16.0. The van der Waals surface area contributed by atoms with Crippen molar-refractivity contribution in [3.05, 3.63) is 11.9 Å². The maximum absolute atomic E-state index is 12.4. The Hall–Kier alpha value is -0.636. The predicted molar refractivity (Wildman–Crippen MR) is 129 cm³/mol. The maximum Gasteiger partial charge on any atom is 0.422 e. The summed E-state index contributed by atoms with van der Waals surface area (Å²) < 4.78 is 46.9. The van der Waals surface area contributed by atoms with Crippen LogP contribution in [0.15, 0.2) is 6.20 Å². The minimum atomic E-state index is -4.61. The van der Waals surface area contributed by atoms with Crippen molar-refractivity contribution in [3.63, 3.8) is 0 Å². The molecule has 0 aliphatic rings. The van der Waals surface area contributed by atoms with Gasteiger partial charge in [0.25, 0.3) is 0 Å². The summed E-state index contributed by atoms with van der Waals surface area (Å²) >= 11 is 3.11. The van der Waals surface area contributed by atoms with Gasteiger partial charge < -0.3 is 9.47 Å². The molecule has 0 fully saturated rings. The summed E-state index contributed by atoms with van der Waals surface area (Å²) in [6.45, 7) is 5.23. The summed E-state index contributed by atoms with van der Waals surface area (Å²) in [5.41, 5.74) is -0.0316. The van der Waals surface area contributed by atoms with E-state index in [1.807, 2.05) is 10.6 Å². The van der Waals surface area contributed by atoms with Gasteiger partial charge in [-0.15, -0.1) is 5.10 Å². The van der Waals surface area contributed by atoms with Crippen LogP contribution >= 0.6 is 24.7 Å². The number of alkyl halides is 4. The zero-order chi connectivity index (χ0) is 25.8. The molecule has 1 radical (unpaired) electrons. The molecule has 0 aromatic carbocycles. The first kappa shape index (κ1) is 34.4. The molecule has 2 unspecified atom stereocenters. The van der Waals surface area contributed by atoms with Gasteiger partial charge in [0.2, 0.25) is 0 Å². The van der Waals surface area contributed by atoms with Crippen molar-refractivity contribution in [2.24, 2.45) is 5.41 Å². The molecule has 1 aromatic heterocycles. The molecule has 201 valence electrons. The molecule has 0 amide bonds. The first-order valence-electron chi connectivity index (χ1n) is 11.5. The van der Waals surface area contributed by atoms with E-state index in [1.165, 1.54) is 6.92 Å². The predicted octanol–water partition coefficient (Wildman–Crippen LogP) is 5.84. The zero-order valence-corrected chi connectivity index (χ0v) is 24.8. The Morgan fingerprint density at radius 3 is 2.11 bits per heavy atom. The number of hydrogen-bond donors (Lipinski definition) is 0. The third-order valence-electron chi connectivity index (χ3n) is 5.20. The van der Waals surface area contributed by atoms with Crippen molar-refractivity contribution in [2.45, 2.75) is 89.1 Å². The second-order valence-electron chi connectivity index (χ2n) is 9.19. The van der Waals surface area contributed by atoms with Crippen LogP contribution in [-0.4, -0.2) is 57.1 Å². The molecule has 0 saturated heterocycles. The van der Waals surface area contributed by atoms with Crippen molar-refractivity contribution in [2.75, 3.05) is 19.9 Å². The fraction of sp³-hybridized carbons (Fsp3) is 0.818. The molecule has 0 saturated carbocycles. The summed E-state index contributed by atoms with van der Waals surface area (Å²) in [4.78, 5) is 24.4. The van der Waals surface area contributed by atoms with Gasteiger partial charge in [0.1, 0.15) is 4.32 Å². The molecule has 35 heavy (non-hydrogen) atoms. The molecule has 13 heteroatoms. The number of ether oxygens (including phenoxy) is 2. The number of unbranched alkanes of at least 4 members (excludes halogenated alkanes) is 6. The first-order chi connectivity index (χ1) is 15.8. The molecule has 0 bridgehead atoms. The third kappa shape index (κ3) is 14.6. The standard InChI is InChI=1S/C22H36BrF3N3O4P.V/c1-20(2,15-21(3,23)19(31)33-16-22(24,25)26)18(30)32-13-11-9-7-5-6-8-10-12-17-14-29(34-4)28-27-17;/h14,34H,5-13,15-16H2,1-4H3;. The van der Waals surface area contributed by atoms with Gasteiger partial charge in [-0.3, -0.25) is 9.59 Å². The molecule has 0 aliphatic heterocycles. The number of nitrogens with zero attached hydrogens (tertiary/aromatic N) is 3. The van der Waals surface area contributed by atoms with E-state index in [0.717, 1.165) is 57.1 Å². The van der Waals surface area contributed by atoms with Crippen molar-refractivity contribution in [1.82, 2.24) is 14.8 Å². The van der Waals surface area contributed by atoms with Crippen LogP contribution in [0.5, 0.6) is 0 Å². The van der Waals surface area contributed by atoms with Crippen LogP contribution in [0.2, 0.25) is 0 Å². The maximum atomic E-state index is 12.4. The van der Waals surface area contributed by atoms with Crippen LogP contribution < -0.4 is 0 Å². The van der Waals surface area contributed by atoms with Crippen molar-refractivity contribution in [1.29, 1.82) is 0 Å². The number of esters is 2. The van der Waals surface area contributed by atoms with Gasteiger partial charge in [-0.2, -0.15) is 13.2 Å². The van der Waals surface area contributed by atoms with Crippen LogP contribution in [0, 0.1) is 5.41 Å². The van der Waals surface area contributed by atoms with E-state index < -0.39 is 34.5 Å². The molecule has 7 nitrogen and oxygen atoms in total. The Morgan fingerprint density at radius 1 is 1.00 bits per heavy atom. The van der Waals surface area contributed by atoms with E-state index in [0.29, 0.717) is 8.73 Å². The van der Waals surface area contributed by atoms with Gasteiger partial charge in [-0.1, -0.05) is 53.2 Å². The number of carbonyl (C=O) groups is 2. The van der Waals surface area contributed by atoms with Gasteiger partial charge in [0, 0.05) is 27.3 Å². The summed E-state index contributed by atoms with van der Waals surface area (Å²) in [6, 6.07) is 0. The zero-order valence-electron chi connectivity index (χ0n) is 20.8. The molecule has 0 aliphatic carbocycles. The van der Waals surface area contributed by atoms with Gasteiger partial charge >= 0.3 is 18.1 Å². The summed E-state index contributed by atoms with van der Waals surface area (Å²) in [5, 5.41) is 8.19. The van der Waals surface area contributed by atoms with Crippen LogP contribution in [0.1, 0.15) is 77.8 Å². The third-order valence-corrected chi connectivity index (χ3v) is 6.48. The SMILES string of the molecule is CPn1cc(CCCCCCCCCOC(=O)C(C)(C)CC(C)(Br)C(=O)OCC(F)(F)F)nn1.[V]. The minimum absolute atomic E-state index is 0. The number of aromatic nitrogens is 3. The van der Waals surface area contributed by atoms with E-state index in [-0.39, 0.29) is 31.6 Å². The largest absolute Gasteiger partial charge is 0.465 e. The molecule has 1 aromatic rings. The van der Waals surface area contributed by atoms with Crippen LogP contribution in [-0.2, 0) is 44.0 Å². The topological polar surface area (TPSA) is 83.3 Å². The Morgan fingerprint density at radius 2 is 1.57 bits per heavy atom. The Labute approximate surface area is 227 Å². The van der Waals surface area contributed by atoms with Crippen molar-refractivity contribution < 1.29 is 50.8 Å². The number of halogens is 4. The fourth-order valence-electron chi connectivity index (χ4n) is 3.45. The summed E-state index contributed by atoms with van der Waals surface area (Å²) in [6.07, 6.45) is 5.50. The second-order valence-corrected chi connectivity index (χ2v) is 11.8. The minimum Gasteiger partial charge on any atom is -0.465 e. The monoisotopic (exact) mass is 624 g/mol. The first-order valence-corrected chi connectivity index (χ1v) is 13.7. The van der Waals surface area contributed by atoms with Gasteiger partial charge in [-0.05, 0) is 53.1 Å². The summed E-state index contributed by atoms with van der Waals surface area (Å²) in [5.74, 6) is -1.57. The average molecular weight is 625 g/mol. The molecule has 0 spiro atoms. The number of hydrogen-bond acceptors (Lipinski definition) is 6. The second kappa shape index (κ2) is 16.3. The number of carbonyl (C=O) groups excluding carboxylic acids is 2. The number of rotatable bonds is 16. The normalized spacial score (nSPS) is 13.9. The molecule has 1 heterocycles. The Bertz CT molecular complexity index is 779. The van der Waals surface area contributed by atoms with Gasteiger partial charge in [0.15, 0.2) is 6.61 Å². The number of aryl methyl sites for hydroxylation is 1. The van der Waals surface area contributed by atoms with Crippen molar-refractivity contribution in [3.8, 4) is 0 Å². The van der Waals surface area contributed by atoms with E-state index in [1.54, 1.807) is 13.8 Å². The quantitative estimate of drug-likeness (QED) is 0.0995. The fourth-order valence-corrected chi connectivity index (χ4v) is 4.67. The molecular formula is C22H36BrF3N3O4PV. The van der Waals surface area contributed by atoms with E-state index in [9.17, 15) is 22.8 Å². The van der Waals surface area contributed by atoms with Crippen molar-refractivity contribution >= 4 is 36.6 Å². The smallest absolute Gasteiger partial charge is 0.422 e. The molecule has 2 atom stereocenters. The van der Waals surface area contributed by atoms with Gasteiger partial charge in [-0.25, -0.2) is 4.45 Å². The molecule has 0 N–H and O–H groups in total. The van der Waals surface area contributed by atoms with E-state index >= 15 is 0 Å². The van der Waals surface area contributed by atoms with Crippen LogP contribution in [0.3, 0.4) is 0 Å². The van der Waals surface area contributed by atoms with Gasteiger partial charge in [0.05, 0.1) is 23.9 Å². The average Bonchev–Trinajstić information content (AvgIpc) is 3.19. The molecular weight excluding hydrogens is 589 g/mol. The van der Waals surface area contributed by atoms with Crippen LogP contribution in [0.25, 0.3) is 0 Å². The molecule has 1 rings (SSSR count). The Balaban J connectivity index is 0.0000116. The van der Waals surface area contributed by atoms with Crippen LogP contribution in [0.4, 0.5) is 13.2 Å². The van der Waals surface area contributed by atoms with E-state index in [2.05, 4.69) is 37.6 Å².